The summed E-state index contributed by atoms with van der Waals surface area (Å²) in [6, 6.07) is 10.4. The van der Waals surface area contributed by atoms with Crippen LogP contribution in [0.5, 0.6) is 0 Å². The van der Waals surface area contributed by atoms with Crippen molar-refractivity contribution in [3.05, 3.63) is 58.1 Å². The number of aromatic nitrogens is 2. The Morgan fingerprint density at radius 1 is 1.20 bits per heavy atom. The summed E-state index contributed by atoms with van der Waals surface area (Å²) in [7, 11) is 0. The van der Waals surface area contributed by atoms with E-state index >= 15 is 0 Å². The van der Waals surface area contributed by atoms with Gasteiger partial charge >= 0.3 is 0 Å². The highest BCUT2D eigenvalue weighted by Gasteiger charge is 2.45. The molecule has 8 heteroatoms. The molecule has 0 radical (unpaired) electrons. The Morgan fingerprint density at radius 2 is 1.97 bits per heavy atom. The molecule has 0 amide bonds. The van der Waals surface area contributed by atoms with Crippen LogP contribution >= 0.6 is 23.1 Å². The normalized spacial score (nSPS) is 22.9. The Hall–Kier alpha value is -2.63. The number of carbonyl (C=O) groups is 1. The topological polar surface area (TPSA) is 95.9 Å². The first kappa shape index (κ1) is 24.1. The van der Waals surface area contributed by atoms with E-state index in [0.717, 1.165) is 21.2 Å². The van der Waals surface area contributed by atoms with E-state index < -0.39 is 5.92 Å². The first-order valence-corrected chi connectivity index (χ1v) is 14.0. The Morgan fingerprint density at radius 3 is 2.69 bits per heavy atom. The number of ketones is 1. The summed E-state index contributed by atoms with van der Waals surface area (Å²) >= 11 is 3.30. The molecular weight excluding hydrogens is 474 g/mol. The molecule has 5 rings (SSSR count). The van der Waals surface area contributed by atoms with Gasteiger partial charge in [-0.2, -0.15) is 5.26 Å². The van der Waals surface area contributed by atoms with Crippen molar-refractivity contribution < 1.29 is 4.79 Å². The molecule has 0 saturated heterocycles. The van der Waals surface area contributed by atoms with E-state index in [2.05, 4.69) is 30.1 Å². The van der Waals surface area contributed by atoms with Crippen LogP contribution in [0.2, 0.25) is 0 Å². The van der Waals surface area contributed by atoms with Crippen LogP contribution in [0.4, 0.5) is 5.13 Å². The molecule has 182 valence electrons. The van der Waals surface area contributed by atoms with E-state index in [9.17, 15) is 10.1 Å². The zero-order chi connectivity index (χ0) is 24.7. The summed E-state index contributed by atoms with van der Waals surface area (Å²) in [5.74, 6) is -0.0262. The number of rotatable bonds is 4. The second-order valence-corrected chi connectivity index (χ2v) is 13.1. The number of allylic oxidation sites excluding steroid dienone is 3. The van der Waals surface area contributed by atoms with E-state index in [1.165, 1.54) is 43.4 Å². The van der Waals surface area contributed by atoms with Crippen LogP contribution in [-0.4, -0.2) is 21.2 Å². The summed E-state index contributed by atoms with van der Waals surface area (Å²) < 4.78 is 0.919. The molecule has 0 spiro atoms. The number of nitrogens with zero attached hydrogens (tertiary/aromatic N) is 4. The maximum atomic E-state index is 13.6. The minimum atomic E-state index is -0.459. The van der Waals surface area contributed by atoms with Gasteiger partial charge in [0.05, 0.1) is 17.6 Å². The van der Waals surface area contributed by atoms with Gasteiger partial charge in [0, 0.05) is 22.9 Å². The molecule has 2 aliphatic carbocycles. The van der Waals surface area contributed by atoms with Crippen LogP contribution in [-0.2, 0) is 4.79 Å². The number of nitrogens with two attached hydrogens (primary N) is 1. The second kappa shape index (κ2) is 9.44. The minimum Gasteiger partial charge on any atom is -0.384 e. The number of benzene rings is 1. The van der Waals surface area contributed by atoms with Crippen LogP contribution in [0.15, 0.2) is 51.3 Å². The summed E-state index contributed by atoms with van der Waals surface area (Å²) in [6.07, 6.45) is 7.39. The number of Topliss-reactive ketones (excluding diaryl/α,β-unsaturated/α-hetero) is 1. The molecule has 2 heterocycles. The third-order valence-corrected chi connectivity index (χ3v) is 9.49. The van der Waals surface area contributed by atoms with E-state index in [1.54, 1.807) is 11.8 Å². The molecule has 1 unspecified atom stereocenters. The maximum absolute atomic E-state index is 13.6. The van der Waals surface area contributed by atoms with Crippen LogP contribution in [0.1, 0.15) is 75.8 Å². The van der Waals surface area contributed by atoms with Gasteiger partial charge in [-0.1, -0.05) is 86.0 Å². The number of anilines is 1. The number of aryl methyl sites for hydroxylation is 1. The molecule has 2 aromatic rings. The summed E-state index contributed by atoms with van der Waals surface area (Å²) in [5, 5.41) is 20.4. The molecule has 1 saturated carbocycles. The van der Waals surface area contributed by atoms with Gasteiger partial charge in [0.1, 0.15) is 5.82 Å². The van der Waals surface area contributed by atoms with Crippen molar-refractivity contribution in [2.75, 3.05) is 4.90 Å². The number of nitriles is 1. The fraction of sp³-hybridized carbons (Fsp3) is 0.481. The predicted molar refractivity (Wildman–Crippen MR) is 141 cm³/mol. The Labute approximate surface area is 215 Å². The molecule has 1 aromatic carbocycles. The van der Waals surface area contributed by atoms with Crippen LogP contribution in [0, 0.1) is 23.7 Å². The van der Waals surface area contributed by atoms with Crippen molar-refractivity contribution in [1.82, 2.24) is 10.2 Å². The van der Waals surface area contributed by atoms with Gasteiger partial charge in [-0.25, -0.2) is 0 Å². The smallest absolute Gasteiger partial charge is 0.219 e. The van der Waals surface area contributed by atoms with Crippen molar-refractivity contribution in [3.63, 3.8) is 0 Å². The Balaban J connectivity index is 1.61. The fourth-order valence-corrected chi connectivity index (χ4v) is 7.96. The van der Waals surface area contributed by atoms with E-state index in [1.807, 2.05) is 36.1 Å². The molecule has 0 bridgehead atoms. The van der Waals surface area contributed by atoms with Crippen LogP contribution in [0.25, 0.3) is 0 Å². The Bertz CT molecular complexity index is 1260. The monoisotopic (exact) mass is 505 g/mol. The van der Waals surface area contributed by atoms with Crippen molar-refractivity contribution >= 4 is 34.0 Å². The zero-order valence-corrected chi connectivity index (χ0v) is 22.1. The van der Waals surface area contributed by atoms with Gasteiger partial charge in [0.2, 0.25) is 5.13 Å². The van der Waals surface area contributed by atoms with Crippen LogP contribution in [0.3, 0.4) is 0 Å². The zero-order valence-electron chi connectivity index (χ0n) is 20.5. The van der Waals surface area contributed by atoms with E-state index in [4.69, 9.17) is 5.73 Å². The highest BCUT2D eigenvalue weighted by Crippen LogP contribution is 2.51. The van der Waals surface area contributed by atoms with Gasteiger partial charge in [-0.05, 0) is 37.2 Å². The summed E-state index contributed by atoms with van der Waals surface area (Å²) in [6.45, 7) is 6.24. The van der Waals surface area contributed by atoms with Gasteiger partial charge < -0.3 is 5.73 Å². The third-order valence-electron chi connectivity index (χ3n) is 7.16. The van der Waals surface area contributed by atoms with Gasteiger partial charge in [0.15, 0.2) is 10.1 Å². The average molecular weight is 506 g/mol. The lowest BCUT2D eigenvalue weighted by Crippen LogP contribution is -2.42. The molecular formula is C27H31N5OS2. The molecule has 2 N–H and O–H groups in total. The minimum absolute atomic E-state index is 0.0781. The standard InChI is InChI=1S/C27H31N5OS2/c1-16-8-7-9-17(12-16)22-19(15-28)24(29)32(20-13-27(2,3)14-21(33)23(20)22)25-30-31-26(35-25)34-18-10-5-4-6-11-18/h7-9,12,18,22H,4-6,10-11,13-14,29H2,1-3H3. The number of carbonyl (C=O) groups excluding carboxylic acids is 1. The quantitative estimate of drug-likeness (QED) is 0.527. The molecule has 1 aromatic heterocycles. The first-order valence-electron chi connectivity index (χ1n) is 12.3. The Kier molecular flexibility index (Phi) is 6.49. The third kappa shape index (κ3) is 4.64. The number of hydrogen-bond acceptors (Lipinski definition) is 8. The van der Waals surface area contributed by atoms with E-state index in [0.29, 0.717) is 40.2 Å². The van der Waals surface area contributed by atoms with Crippen molar-refractivity contribution in [2.24, 2.45) is 11.1 Å². The number of thioether (sulfide) groups is 1. The SMILES string of the molecule is Cc1cccc(C2C(C#N)=C(N)N(c3nnc(SC4CCCCC4)s3)C3=C2C(=O)CC(C)(C)C3)c1. The highest BCUT2D eigenvalue weighted by molar-refractivity contribution is 8.01. The molecule has 3 aliphatic rings. The lowest BCUT2D eigenvalue weighted by Gasteiger charge is -2.42. The fourth-order valence-electron chi connectivity index (χ4n) is 5.58. The van der Waals surface area contributed by atoms with Gasteiger partial charge in [-0.3, -0.25) is 9.69 Å². The molecule has 1 aliphatic heterocycles. The number of hydrogen-bond donors (Lipinski definition) is 1. The van der Waals surface area contributed by atoms with E-state index in [-0.39, 0.29) is 11.2 Å². The lowest BCUT2D eigenvalue weighted by atomic mass is 9.68. The summed E-state index contributed by atoms with van der Waals surface area (Å²) in [5.41, 5.74) is 10.5. The summed E-state index contributed by atoms with van der Waals surface area (Å²) in [4.78, 5) is 15.5. The maximum Gasteiger partial charge on any atom is 0.219 e. The molecule has 1 atom stereocenters. The first-order chi connectivity index (χ1) is 16.8. The molecule has 35 heavy (non-hydrogen) atoms. The largest absolute Gasteiger partial charge is 0.384 e. The molecule has 6 nitrogen and oxygen atoms in total. The second-order valence-electron chi connectivity index (χ2n) is 10.6. The van der Waals surface area contributed by atoms with Crippen LogP contribution < -0.4 is 10.6 Å². The van der Waals surface area contributed by atoms with Crippen molar-refractivity contribution in [2.45, 2.75) is 81.2 Å². The van der Waals surface area contributed by atoms with Gasteiger partial charge in [0.25, 0.3) is 0 Å². The van der Waals surface area contributed by atoms with Crippen molar-refractivity contribution in [3.8, 4) is 6.07 Å². The van der Waals surface area contributed by atoms with Gasteiger partial charge in [-0.15, -0.1) is 10.2 Å². The predicted octanol–water partition coefficient (Wildman–Crippen LogP) is 6.21. The van der Waals surface area contributed by atoms with Crippen molar-refractivity contribution in [1.29, 1.82) is 5.26 Å². The average Bonchev–Trinajstić information content (AvgIpc) is 3.26. The lowest BCUT2D eigenvalue weighted by molar-refractivity contribution is -0.118. The molecule has 1 fully saturated rings. The highest BCUT2D eigenvalue weighted by atomic mass is 32.2.